The Kier molecular flexibility index (Phi) is 4.24. The first kappa shape index (κ1) is 13.2. The van der Waals surface area contributed by atoms with Gasteiger partial charge in [0.2, 0.25) is 11.8 Å². The summed E-state index contributed by atoms with van der Waals surface area (Å²) in [6.45, 7) is 0. The molecule has 0 fully saturated rings. The van der Waals surface area contributed by atoms with Crippen LogP contribution in [0.2, 0.25) is 0 Å². The van der Waals surface area contributed by atoms with E-state index >= 15 is 0 Å². The Morgan fingerprint density at radius 3 is 2.76 bits per heavy atom. The maximum atomic E-state index is 10.6. The zero-order valence-electron chi connectivity index (χ0n) is 9.33. The molecule has 1 aromatic rings. The first-order valence-electron chi connectivity index (χ1n) is 4.89. The van der Waals surface area contributed by atoms with Crippen LogP contribution in [-0.4, -0.2) is 34.3 Å². The van der Waals surface area contributed by atoms with Crippen LogP contribution in [0.5, 0.6) is 5.88 Å². The van der Waals surface area contributed by atoms with Gasteiger partial charge in [-0.25, -0.2) is 4.98 Å². The minimum absolute atomic E-state index is 0.134. The Morgan fingerprint density at radius 2 is 2.24 bits per heavy atom. The second kappa shape index (κ2) is 5.46. The van der Waals surface area contributed by atoms with Gasteiger partial charge in [0.15, 0.2) is 0 Å². The van der Waals surface area contributed by atoms with Crippen molar-refractivity contribution >= 4 is 11.6 Å². The average Bonchev–Trinajstić information content (AvgIpc) is 2.27. The number of aromatic nitrogens is 1. The van der Waals surface area contributed by atoms with Crippen molar-refractivity contribution in [3.8, 4) is 5.88 Å². The van der Waals surface area contributed by atoms with Gasteiger partial charge >= 0.3 is 0 Å². The molecule has 0 radical (unpaired) electrons. The molecule has 7 heteroatoms. The molecule has 1 amide bonds. The van der Waals surface area contributed by atoms with E-state index in [-0.39, 0.29) is 17.9 Å². The number of aliphatic hydroxyl groups excluding tert-OH is 2. The van der Waals surface area contributed by atoms with Crippen LogP contribution in [-0.2, 0) is 4.79 Å². The molecule has 0 aliphatic heterocycles. The van der Waals surface area contributed by atoms with Crippen molar-refractivity contribution in [3.05, 3.63) is 17.8 Å². The lowest BCUT2D eigenvalue weighted by Gasteiger charge is -2.18. The number of hydrogen-bond donors (Lipinski definition) is 4. The molecule has 0 bridgehead atoms. The maximum Gasteiger partial charge on any atom is 0.220 e. The number of primary amides is 1. The number of nitrogen functional groups attached to an aromatic ring is 1. The van der Waals surface area contributed by atoms with Gasteiger partial charge in [0, 0.05) is 5.56 Å². The van der Waals surface area contributed by atoms with Gasteiger partial charge in [0.1, 0.15) is 6.10 Å². The van der Waals surface area contributed by atoms with Crippen molar-refractivity contribution in [1.82, 2.24) is 4.98 Å². The van der Waals surface area contributed by atoms with Gasteiger partial charge in [0.05, 0.1) is 31.5 Å². The van der Waals surface area contributed by atoms with Crippen LogP contribution >= 0.6 is 0 Å². The highest BCUT2D eigenvalue weighted by Crippen LogP contribution is 2.27. The van der Waals surface area contributed by atoms with Crippen molar-refractivity contribution in [1.29, 1.82) is 0 Å². The SMILES string of the molecule is COc1ncc(N)cc1C(O)C(O)CC(N)=O. The Hall–Kier alpha value is -1.86. The van der Waals surface area contributed by atoms with E-state index in [1.54, 1.807) is 0 Å². The minimum atomic E-state index is -1.34. The van der Waals surface area contributed by atoms with Crippen molar-refractivity contribution in [3.63, 3.8) is 0 Å². The number of carbonyl (C=O) groups is 1. The molecule has 7 nitrogen and oxygen atoms in total. The molecule has 17 heavy (non-hydrogen) atoms. The van der Waals surface area contributed by atoms with E-state index in [0.717, 1.165) is 0 Å². The molecule has 0 aromatic carbocycles. The van der Waals surface area contributed by atoms with Gasteiger partial charge in [-0.1, -0.05) is 0 Å². The third kappa shape index (κ3) is 3.30. The molecule has 0 spiro atoms. The number of nitrogens with two attached hydrogens (primary N) is 2. The third-order valence-electron chi connectivity index (χ3n) is 2.19. The van der Waals surface area contributed by atoms with Crippen LogP contribution < -0.4 is 16.2 Å². The van der Waals surface area contributed by atoms with E-state index < -0.39 is 18.1 Å². The second-order valence-corrected chi connectivity index (χ2v) is 3.55. The van der Waals surface area contributed by atoms with Crippen molar-refractivity contribution in [2.24, 2.45) is 5.73 Å². The summed E-state index contributed by atoms with van der Waals surface area (Å²) in [5.41, 5.74) is 11.0. The highest BCUT2D eigenvalue weighted by atomic mass is 16.5. The number of anilines is 1. The smallest absolute Gasteiger partial charge is 0.220 e. The number of carbonyl (C=O) groups excluding carboxylic acids is 1. The molecule has 1 rings (SSSR count). The van der Waals surface area contributed by atoms with Crippen LogP contribution in [0, 0.1) is 0 Å². The lowest BCUT2D eigenvalue weighted by Crippen LogP contribution is -2.26. The predicted octanol–water partition coefficient (Wildman–Crippen LogP) is -1.06. The fourth-order valence-electron chi connectivity index (χ4n) is 1.39. The van der Waals surface area contributed by atoms with Crippen molar-refractivity contribution < 1.29 is 19.7 Å². The van der Waals surface area contributed by atoms with Crippen LogP contribution in [0.4, 0.5) is 5.69 Å². The number of ether oxygens (including phenoxy) is 1. The Bertz CT molecular complexity index is 411. The fraction of sp³-hybridized carbons (Fsp3) is 0.400. The zero-order valence-corrected chi connectivity index (χ0v) is 9.33. The molecule has 6 N–H and O–H groups in total. The fourth-order valence-corrected chi connectivity index (χ4v) is 1.39. The molecule has 2 unspecified atom stereocenters. The van der Waals surface area contributed by atoms with Gasteiger partial charge < -0.3 is 26.4 Å². The van der Waals surface area contributed by atoms with Gasteiger partial charge in [-0.15, -0.1) is 0 Å². The molecule has 0 saturated carbocycles. The average molecular weight is 241 g/mol. The maximum absolute atomic E-state index is 10.6. The number of amides is 1. The molecule has 2 atom stereocenters. The summed E-state index contributed by atoms with van der Waals surface area (Å²) in [5, 5.41) is 19.4. The molecule has 94 valence electrons. The van der Waals surface area contributed by atoms with Crippen LogP contribution in [0.3, 0.4) is 0 Å². The van der Waals surface area contributed by atoms with E-state index in [4.69, 9.17) is 16.2 Å². The third-order valence-corrected chi connectivity index (χ3v) is 2.19. The van der Waals surface area contributed by atoms with Crippen molar-refractivity contribution in [2.75, 3.05) is 12.8 Å². The standard InChI is InChI=1S/C10H15N3O4/c1-17-10-6(2-5(11)4-13-10)9(16)7(14)3-8(12)15/h2,4,7,9,14,16H,3,11H2,1H3,(H2,12,15). The number of pyridine rings is 1. The van der Waals surface area contributed by atoms with E-state index in [0.29, 0.717) is 5.69 Å². The number of hydrogen-bond acceptors (Lipinski definition) is 6. The topological polar surface area (TPSA) is 132 Å². The predicted molar refractivity (Wildman–Crippen MR) is 60.0 cm³/mol. The van der Waals surface area contributed by atoms with Crippen LogP contribution in [0.1, 0.15) is 18.1 Å². The lowest BCUT2D eigenvalue weighted by molar-refractivity contribution is -0.121. The molecular weight excluding hydrogens is 226 g/mol. The summed E-state index contributed by atoms with van der Waals surface area (Å²) in [7, 11) is 1.37. The second-order valence-electron chi connectivity index (χ2n) is 3.55. The monoisotopic (exact) mass is 241 g/mol. The largest absolute Gasteiger partial charge is 0.481 e. The number of aliphatic hydroxyl groups is 2. The molecule has 0 aliphatic rings. The molecule has 1 aromatic heterocycles. The Labute approximate surface area is 98.0 Å². The van der Waals surface area contributed by atoms with Crippen LogP contribution in [0.25, 0.3) is 0 Å². The highest BCUT2D eigenvalue weighted by molar-refractivity contribution is 5.74. The summed E-state index contributed by atoms with van der Waals surface area (Å²) < 4.78 is 4.92. The molecule has 0 aliphatic carbocycles. The first-order chi connectivity index (χ1) is 7.95. The van der Waals surface area contributed by atoms with E-state index in [1.807, 2.05) is 0 Å². The first-order valence-corrected chi connectivity index (χ1v) is 4.89. The number of rotatable bonds is 5. The van der Waals surface area contributed by atoms with Crippen LogP contribution in [0.15, 0.2) is 12.3 Å². The van der Waals surface area contributed by atoms with Gasteiger partial charge in [0.25, 0.3) is 0 Å². The van der Waals surface area contributed by atoms with Gasteiger partial charge in [-0.05, 0) is 6.07 Å². The molecule has 0 saturated heterocycles. The quantitative estimate of drug-likeness (QED) is 0.519. The number of methoxy groups -OCH3 is 1. The van der Waals surface area contributed by atoms with E-state index in [9.17, 15) is 15.0 Å². The molecule has 1 heterocycles. The van der Waals surface area contributed by atoms with Crippen molar-refractivity contribution in [2.45, 2.75) is 18.6 Å². The highest BCUT2D eigenvalue weighted by Gasteiger charge is 2.24. The Morgan fingerprint density at radius 1 is 1.59 bits per heavy atom. The summed E-state index contributed by atoms with van der Waals surface area (Å²) >= 11 is 0. The van der Waals surface area contributed by atoms with Gasteiger partial charge in [-0.3, -0.25) is 4.79 Å². The normalized spacial score (nSPS) is 14.1. The summed E-state index contributed by atoms with van der Waals surface area (Å²) in [4.78, 5) is 14.5. The Balaban J connectivity index is 2.97. The summed E-state index contributed by atoms with van der Waals surface area (Å²) in [6.07, 6.45) is -1.67. The summed E-state index contributed by atoms with van der Waals surface area (Å²) in [6, 6.07) is 1.42. The minimum Gasteiger partial charge on any atom is -0.481 e. The molecular formula is C10H15N3O4. The summed E-state index contributed by atoms with van der Waals surface area (Å²) in [5.74, 6) is -0.581. The number of nitrogens with zero attached hydrogens (tertiary/aromatic N) is 1. The van der Waals surface area contributed by atoms with Gasteiger partial charge in [-0.2, -0.15) is 0 Å². The zero-order chi connectivity index (χ0) is 13.0. The van der Waals surface area contributed by atoms with E-state index in [2.05, 4.69) is 4.98 Å². The van der Waals surface area contributed by atoms with E-state index in [1.165, 1.54) is 19.4 Å². The lowest BCUT2D eigenvalue weighted by atomic mass is 10.0.